The first-order chi connectivity index (χ1) is 7.79. The minimum atomic E-state index is -0.0608. The van der Waals surface area contributed by atoms with Crippen LogP contribution in [-0.4, -0.2) is 26.2 Å². The average molecular weight is 296 g/mol. The zero-order chi connectivity index (χ0) is 11.8. The van der Waals surface area contributed by atoms with Crippen LogP contribution in [0.3, 0.4) is 0 Å². The molecule has 1 rings (SSSR count). The van der Waals surface area contributed by atoms with Crippen LogP contribution in [0.1, 0.15) is 18.5 Å². The van der Waals surface area contributed by atoms with E-state index in [2.05, 4.69) is 5.32 Å². The summed E-state index contributed by atoms with van der Waals surface area (Å²) in [6.45, 7) is 4.74. The predicted octanol–water partition coefficient (Wildman–Crippen LogP) is 1.48. The summed E-state index contributed by atoms with van der Waals surface area (Å²) in [6.07, 6.45) is 0. The van der Waals surface area contributed by atoms with Crippen LogP contribution in [0, 0.1) is 0 Å². The molecule has 0 bridgehead atoms. The Bertz CT molecular complexity index is 313. The van der Waals surface area contributed by atoms with E-state index in [0.717, 1.165) is 17.9 Å². The first-order valence-corrected chi connectivity index (χ1v) is 5.67. The summed E-state index contributed by atoms with van der Waals surface area (Å²) < 4.78 is 5.53. The molecule has 1 unspecified atom stereocenters. The third kappa shape index (κ3) is 6.42. The molecule has 1 aromatic carbocycles. The van der Waals surface area contributed by atoms with Gasteiger partial charge in [0.05, 0.1) is 6.61 Å². The second-order valence-corrected chi connectivity index (χ2v) is 3.57. The number of ether oxygens (including phenoxy) is 1. The normalized spacial score (nSPS) is 11.1. The zero-order valence-electron chi connectivity index (χ0n) is 10.6. The number of halogens is 2. The van der Waals surface area contributed by atoms with Crippen LogP contribution in [0.4, 0.5) is 0 Å². The molecular formula is C12H23Cl2N3O. The summed E-state index contributed by atoms with van der Waals surface area (Å²) in [7, 11) is 0. The first-order valence-electron chi connectivity index (χ1n) is 5.67. The maximum Gasteiger partial charge on any atom is 0.124 e. The smallest absolute Gasteiger partial charge is 0.124 e. The molecule has 106 valence electrons. The Balaban J connectivity index is 0. The van der Waals surface area contributed by atoms with Crippen molar-refractivity contribution in [3.05, 3.63) is 29.8 Å². The Labute approximate surface area is 121 Å². The van der Waals surface area contributed by atoms with Crippen molar-refractivity contribution in [1.29, 1.82) is 0 Å². The fourth-order valence-corrected chi connectivity index (χ4v) is 1.54. The molecule has 0 radical (unpaired) electrons. The van der Waals surface area contributed by atoms with Crippen LogP contribution in [0.2, 0.25) is 0 Å². The van der Waals surface area contributed by atoms with E-state index in [1.807, 2.05) is 31.2 Å². The van der Waals surface area contributed by atoms with Gasteiger partial charge in [-0.05, 0) is 13.0 Å². The van der Waals surface area contributed by atoms with E-state index in [0.29, 0.717) is 19.7 Å². The van der Waals surface area contributed by atoms with Gasteiger partial charge in [-0.1, -0.05) is 18.2 Å². The molecule has 18 heavy (non-hydrogen) atoms. The molecule has 1 aromatic rings. The Hall–Kier alpha value is -0.520. The molecule has 0 aliphatic carbocycles. The van der Waals surface area contributed by atoms with E-state index in [1.165, 1.54) is 0 Å². The van der Waals surface area contributed by atoms with Gasteiger partial charge in [0.2, 0.25) is 0 Å². The van der Waals surface area contributed by atoms with Gasteiger partial charge in [-0.15, -0.1) is 24.8 Å². The van der Waals surface area contributed by atoms with Crippen LogP contribution in [-0.2, 0) is 0 Å². The highest BCUT2D eigenvalue weighted by Gasteiger charge is 2.10. The average Bonchev–Trinajstić information content (AvgIpc) is 2.30. The van der Waals surface area contributed by atoms with Crippen LogP contribution in [0.5, 0.6) is 5.75 Å². The number of nitrogens with one attached hydrogen (secondary N) is 1. The Morgan fingerprint density at radius 1 is 1.28 bits per heavy atom. The molecule has 0 aromatic heterocycles. The van der Waals surface area contributed by atoms with Crippen molar-refractivity contribution in [3.8, 4) is 5.75 Å². The Morgan fingerprint density at radius 2 is 1.94 bits per heavy atom. The topological polar surface area (TPSA) is 73.3 Å². The molecular weight excluding hydrogens is 273 g/mol. The molecule has 0 fully saturated rings. The largest absolute Gasteiger partial charge is 0.494 e. The van der Waals surface area contributed by atoms with E-state index in [4.69, 9.17) is 16.2 Å². The van der Waals surface area contributed by atoms with E-state index in [9.17, 15) is 0 Å². The number of hydrogen-bond donors (Lipinski definition) is 3. The van der Waals surface area contributed by atoms with Crippen molar-refractivity contribution in [3.63, 3.8) is 0 Å². The van der Waals surface area contributed by atoms with Gasteiger partial charge in [-0.25, -0.2) is 0 Å². The molecule has 0 amide bonds. The van der Waals surface area contributed by atoms with Crippen molar-refractivity contribution in [2.45, 2.75) is 13.0 Å². The van der Waals surface area contributed by atoms with Crippen molar-refractivity contribution in [2.24, 2.45) is 11.5 Å². The first kappa shape index (κ1) is 19.8. The van der Waals surface area contributed by atoms with Gasteiger partial charge in [-0.2, -0.15) is 0 Å². The summed E-state index contributed by atoms with van der Waals surface area (Å²) in [4.78, 5) is 0. The van der Waals surface area contributed by atoms with Gasteiger partial charge in [0.1, 0.15) is 5.75 Å². The van der Waals surface area contributed by atoms with Gasteiger partial charge >= 0.3 is 0 Å². The van der Waals surface area contributed by atoms with Crippen molar-refractivity contribution >= 4 is 24.8 Å². The fourth-order valence-electron chi connectivity index (χ4n) is 1.54. The quantitative estimate of drug-likeness (QED) is 0.666. The van der Waals surface area contributed by atoms with Crippen LogP contribution >= 0.6 is 24.8 Å². The number of para-hydroxylation sites is 1. The highest BCUT2D eigenvalue weighted by molar-refractivity contribution is 5.85. The third-order valence-electron chi connectivity index (χ3n) is 2.30. The lowest BCUT2D eigenvalue weighted by Crippen LogP contribution is -2.30. The van der Waals surface area contributed by atoms with Crippen LogP contribution in [0.15, 0.2) is 24.3 Å². The second kappa shape index (κ2) is 11.6. The Morgan fingerprint density at radius 3 is 2.56 bits per heavy atom. The van der Waals surface area contributed by atoms with Crippen molar-refractivity contribution in [1.82, 2.24) is 5.32 Å². The van der Waals surface area contributed by atoms with E-state index < -0.39 is 0 Å². The van der Waals surface area contributed by atoms with Crippen molar-refractivity contribution in [2.75, 3.05) is 26.2 Å². The molecule has 0 aliphatic rings. The van der Waals surface area contributed by atoms with E-state index in [1.54, 1.807) is 0 Å². The molecule has 1 atom stereocenters. The second-order valence-electron chi connectivity index (χ2n) is 3.57. The molecule has 0 aliphatic heterocycles. The zero-order valence-corrected chi connectivity index (χ0v) is 12.2. The number of nitrogens with two attached hydrogens (primary N) is 2. The highest BCUT2D eigenvalue weighted by Crippen LogP contribution is 2.22. The Kier molecular flexibility index (Phi) is 12.7. The fraction of sp³-hybridized carbons (Fsp3) is 0.500. The number of benzene rings is 1. The summed E-state index contributed by atoms with van der Waals surface area (Å²) in [5.74, 6) is 0.868. The third-order valence-corrected chi connectivity index (χ3v) is 2.30. The molecule has 0 spiro atoms. The molecule has 0 heterocycles. The van der Waals surface area contributed by atoms with E-state index >= 15 is 0 Å². The number of rotatable bonds is 7. The summed E-state index contributed by atoms with van der Waals surface area (Å²) in [5.41, 5.74) is 12.5. The van der Waals surface area contributed by atoms with Gasteiger partial charge in [0.25, 0.3) is 0 Å². The minimum Gasteiger partial charge on any atom is -0.494 e. The van der Waals surface area contributed by atoms with Gasteiger partial charge in [-0.3, -0.25) is 0 Å². The molecule has 6 heteroatoms. The molecule has 0 saturated heterocycles. The van der Waals surface area contributed by atoms with E-state index in [-0.39, 0.29) is 30.9 Å². The highest BCUT2D eigenvalue weighted by atomic mass is 35.5. The van der Waals surface area contributed by atoms with Crippen LogP contribution < -0.4 is 21.5 Å². The molecule has 5 N–H and O–H groups in total. The van der Waals surface area contributed by atoms with Crippen molar-refractivity contribution < 1.29 is 4.74 Å². The predicted molar refractivity (Wildman–Crippen MR) is 81.0 cm³/mol. The minimum absolute atomic E-state index is 0. The monoisotopic (exact) mass is 295 g/mol. The van der Waals surface area contributed by atoms with Gasteiger partial charge in [0.15, 0.2) is 0 Å². The molecule has 0 saturated carbocycles. The standard InChI is InChI=1S/C12H21N3O.2ClH/c1-2-16-12-6-4-3-5-10(12)11(14)9-15-8-7-13;;/h3-6,11,15H,2,7-9,13-14H2,1H3;2*1H. The van der Waals surface area contributed by atoms with Crippen LogP contribution in [0.25, 0.3) is 0 Å². The SMILES string of the molecule is CCOc1ccccc1C(N)CNCCN.Cl.Cl. The summed E-state index contributed by atoms with van der Waals surface area (Å²) >= 11 is 0. The lowest BCUT2D eigenvalue weighted by molar-refractivity contribution is 0.333. The maximum absolute atomic E-state index is 6.08. The number of hydrogen-bond acceptors (Lipinski definition) is 4. The van der Waals surface area contributed by atoms with Gasteiger partial charge in [0, 0.05) is 31.2 Å². The lowest BCUT2D eigenvalue weighted by atomic mass is 10.1. The molecule has 4 nitrogen and oxygen atoms in total. The summed E-state index contributed by atoms with van der Waals surface area (Å²) in [5, 5.41) is 3.20. The lowest BCUT2D eigenvalue weighted by Gasteiger charge is -2.16. The maximum atomic E-state index is 6.08. The summed E-state index contributed by atoms with van der Waals surface area (Å²) in [6, 6.07) is 7.81. The van der Waals surface area contributed by atoms with Gasteiger partial charge < -0.3 is 21.5 Å².